The number of likely N-dealkylation sites (N-methyl/N-ethyl adjacent to an activating group) is 1. The quantitative estimate of drug-likeness (QED) is 0.0211. The molecule has 0 aromatic heterocycles. The molecule has 2 unspecified atom stereocenters. The molecule has 0 aliphatic rings. The predicted octanol–water partition coefficient (Wildman–Crippen LogP) is 28.9. The fourth-order valence-electron chi connectivity index (χ4n) is 12.5. The van der Waals surface area contributed by atoms with Crippen LogP contribution >= 0.6 is 0 Å². The van der Waals surface area contributed by atoms with Crippen LogP contribution in [0.25, 0.3) is 0 Å². The number of carbonyl (C=O) groups excluding carboxylic acids is 2. The number of rotatable bonds is 81. The zero-order valence-electron chi connectivity index (χ0n) is 69.1. The number of aliphatic carboxylic acids is 1. The molecule has 602 valence electrons. The Morgan fingerprint density at radius 2 is 0.514 bits per heavy atom. The molecule has 0 radical (unpaired) electrons. The van der Waals surface area contributed by atoms with E-state index in [-0.39, 0.29) is 32.2 Å². The highest BCUT2D eigenvalue weighted by atomic mass is 16.7. The number of allylic oxidation sites excluding steroid dienone is 24. The molecule has 0 rings (SSSR count). The molecule has 9 heteroatoms. The van der Waals surface area contributed by atoms with E-state index in [1.807, 2.05) is 21.1 Å². The highest BCUT2D eigenvalue weighted by Crippen LogP contribution is 2.20. The average Bonchev–Trinajstić information content (AvgIpc) is 1.18. The number of esters is 2. The first-order valence-corrected chi connectivity index (χ1v) is 44.0. The number of carboxylic acids is 1. The molecule has 0 bridgehead atoms. The third-order valence-corrected chi connectivity index (χ3v) is 19.1. The highest BCUT2D eigenvalue weighted by molar-refractivity contribution is 5.71. The fourth-order valence-corrected chi connectivity index (χ4v) is 12.5. The van der Waals surface area contributed by atoms with Gasteiger partial charge in [0.1, 0.15) is 13.2 Å². The van der Waals surface area contributed by atoms with Crippen molar-refractivity contribution in [2.45, 2.75) is 399 Å². The summed E-state index contributed by atoms with van der Waals surface area (Å²) in [5.74, 6) is -1.99. The van der Waals surface area contributed by atoms with Gasteiger partial charge in [0.2, 0.25) is 0 Å². The van der Waals surface area contributed by atoms with Gasteiger partial charge in [-0.15, -0.1) is 0 Å². The van der Waals surface area contributed by atoms with Gasteiger partial charge in [-0.2, -0.15) is 0 Å². The number of hydrogen-bond donors (Lipinski definition) is 1. The van der Waals surface area contributed by atoms with Gasteiger partial charge >= 0.3 is 17.9 Å². The first-order valence-electron chi connectivity index (χ1n) is 44.0. The van der Waals surface area contributed by atoms with Crippen LogP contribution in [0.1, 0.15) is 386 Å². The average molecular weight is 1460 g/mol. The third kappa shape index (κ3) is 86.3. The minimum absolute atomic E-state index is 0.182. The maximum absolute atomic E-state index is 13.0. The van der Waals surface area contributed by atoms with Crippen molar-refractivity contribution in [3.05, 3.63) is 146 Å². The SMILES string of the molecule is CC/C=C\C/C=C\C/C=C\C/C=C\C/C=C\C/C=C\C/C=C\C/C=C\CCCCCCCCCCCCCCCCCCC(=O)OC(COC(=O)CCCCCCCCCCCCCCCCCCCCCCCCCCCC/C=C\C/C=C\C/C=C\C/C=C\CC)COC(OCC[N+](C)(C)C)C(=O)O. The Hall–Kier alpha value is -4.83. The molecule has 0 aliphatic carbocycles. The maximum Gasteiger partial charge on any atom is 0.361 e. The summed E-state index contributed by atoms with van der Waals surface area (Å²) < 4.78 is 23.1. The number of quaternary nitrogens is 1. The molecule has 9 nitrogen and oxygen atoms in total. The Labute approximate surface area is 649 Å². The van der Waals surface area contributed by atoms with E-state index in [4.69, 9.17) is 18.9 Å². The molecule has 0 spiro atoms. The third-order valence-electron chi connectivity index (χ3n) is 19.1. The van der Waals surface area contributed by atoms with Gasteiger partial charge in [-0.05, 0) is 116 Å². The monoisotopic (exact) mass is 1460 g/mol. The zero-order valence-corrected chi connectivity index (χ0v) is 69.1. The van der Waals surface area contributed by atoms with Gasteiger partial charge in [-0.25, -0.2) is 4.79 Å². The molecule has 2 atom stereocenters. The van der Waals surface area contributed by atoms with Crippen molar-refractivity contribution in [1.29, 1.82) is 0 Å². The van der Waals surface area contributed by atoms with E-state index in [1.165, 1.54) is 244 Å². The predicted molar refractivity (Wildman–Crippen MR) is 456 cm³/mol. The van der Waals surface area contributed by atoms with Crippen LogP contribution in [-0.4, -0.2) is 87.4 Å². The summed E-state index contributed by atoms with van der Waals surface area (Å²) in [6.45, 7) is 4.69. The minimum Gasteiger partial charge on any atom is -0.477 e. The lowest BCUT2D eigenvalue weighted by Crippen LogP contribution is -2.40. The second-order valence-corrected chi connectivity index (χ2v) is 30.4. The molecule has 105 heavy (non-hydrogen) atoms. The van der Waals surface area contributed by atoms with Crippen molar-refractivity contribution in [3.8, 4) is 0 Å². The van der Waals surface area contributed by atoms with Gasteiger partial charge in [0.05, 0.1) is 34.4 Å². The van der Waals surface area contributed by atoms with Gasteiger partial charge in [-0.3, -0.25) is 9.59 Å². The molecule has 0 saturated heterocycles. The molecule has 0 fully saturated rings. The van der Waals surface area contributed by atoms with Gasteiger partial charge in [0, 0.05) is 12.8 Å². The Bertz CT molecular complexity index is 2250. The van der Waals surface area contributed by atoms with Crippen molar-refractivity contribution in [2.24, 2.45) is 0 Å². The molecule has 0 aromatic carbocycles. The Morgan fingerprint density at radius 1 is 0.286 bits per heavy atom. The van der Waals surface area contributed by atoms with E-state index in [9.17, 15) is 19.5 Å². The molecule has 0 amide bonds. The van der Waals surface area contributed by atoms with E-state index in [0.717, 1.165) is 116 Å². The van der Waals surface area contributed by atoms with Gasteiger partial charge < -0.3 is 28.5 Å². The summed E-state index contributed by atoms with van der Waals surface area (Å²) in [5.41, 5.74) is 0. The molecule has 0 aliphatic heterocycles. The Morgan fingerprint density at radius 3 is 0.762 bits per heavy atom. The fraction of sp³-hybridized carbons (Fsp3) is 0.719. The zero-order chi connectivity index (χ0) is 76.0. The maximum atomic E-state index is 13.0. The molecule has 0 aromatic rings. The van der Waals surface area contributed by atoms with Crippen LogP contribution in [0.2, 0.25) is 0 Å². The van der Waals surface area contributed by atoms with E-state index >= 15 is 0 Å². The van der Waals surface area contributed by atoms with Crippen LogP contribution in [0.4, 0.5) is 0 Å². The smallest absolute Gasteiger partial charge is 0.361 e. The van der Waals surface area contributed by atoms with Crippen molar-refractivity contribution < 1.29 is 42.9 Å². The summed E-state index contributed by atoms with van der Waals surface area (Å²) in [6.07, 6.45) is 122. The van der Waals surface area contributed by atoms with Crippen LogP contribution in [-0.2, 0) is 33.3 Å². The topological polar surface area (TPSA) is 108 Å². The number of ether oxygens (including phenoxy) is 4. The second-order valence-electron chi connectivity index (χ2n) is 30.4. The normalized spacial score (nSPS) is 13.3. The van der Waals surface area contributed by atoms with E-state index in [1.54, 1.807) is 0 Å². The van der Waals surface area contributed by atoms with Crippen LogP contribution in [0.3, 0.4) is 0 Å². The lowest BCUT2D eigenvalue weighted by Gasteiger charge is -2.25. The lowest BCUT2D eigenvalue weighted by atomic mass is 10.0. The number of carboxylic acid groups (broad SMARTS) is 1. The molecular formula is C96H166NO8+. The Kier molecular flexibility index (Phi) is 80.9. The van der Waals surface area contributed by atoms with Crippen molar-refractivity contribution in [2.75, 3.05) is 47.5 Å². The molecule has 1 N–H and O–H groups in total. The van der Waals surface area contributed by atoms with E-state index in [2.05, 4.69) is 160 Å². The van der Waals surface area contributed by atoms with Crippen LogP contribution < -0.4 is 0 Å². The highest BCUT2D eigenvalue weighted by Gasteiger charge is 2.25. The van der Waals surface area contributed by atoms with Crippen LogP contribution in [0.5, 0.6) is 0 Å². The van der Waals surface area contributed by atoms with Gasteiger partial charge in [-0.1, -0.05) is 404 Å². The molecule has 0 heterocycles. The largest absolute Gasteiger partial charge is 0.477 e. The summed E-state index contributed by atoms with van der Waals surface area (Å²) in [5, 5.41) is 9.79. The number of carbonyl (C=O) groups is 3. The van der Waals surface area contributed by atoms with Gasteiger partial charge in [0.15, 0.2) is 6.10 Å². The van der Waals surface area contributed by atoms with Crippen LogP contribution in [0.15, 0.2) is 146 Å². The first-order chi connectivity index (χ1) is 51.6. The van der Waals surface area contributed by atoms with Crippen molar-refractivity contribution in [1.82, 2.24) is 0 Å². The Balaban J connectivity index is 3.97. The summed E-state index contributed by atoms with van der Waals surface area (Å²) in [6, 6.07) is 0. The van der Waals surface area contributed by atoms with E-state index < -0.39 is 24.3 Å². The second kappa shape index (κ2) is 84.8. The molecular weight excluding hydrogens is 1300 g/mol. The van der Waals surface area contributed by atoms with Crippen LogP contribution in [0, 0.1) is 0 Å². The lowest BCUT2D eigenvalue weighted by molar-refractivity contribution is -0.870. The number of nitrogens with zero attached hydrogens (tertiary/aromatic N) is 1. The first kappa shape index (κ1) is 100. The summed E-state index contributed by atoms with van der Waals surface area (Å²) in [4.78, 5) is 37.8. The minimum atomic E-state index is -1.52. The van der Waals surface area contributed by atoms with Crippen molar-refractivity contribution >= 4 is 17.9 Å². The van der Waals surface area contributed by atoms with Gasteiger partial charge in [0.25, 0.3) is 6.29 Å². The van der Waals surface area contributed by atoms with Crippen molar-refractivity contribution in [3.63, 3.8) is 0 Å². The number of unbranched alkanes of at least 4 members (excludes halogenated alkanes) is 42. The summed E-state index contributed by atoms with van der Waals surface area (Å²) >= 11 is 0. The van der Waals surface area contributed by atoms with E-state index in [0.29, 0.717) is 17.4 Å². The standard InChI is InChI=1S/C96H165NO8/c1-6-8-10-12-14-16-18-20-22-24-26-28-30-32-34-36-38-40-42-44-46-47-49-51-53-55-57-59-61-63-65-67-69-71-73-75-77-79-81-83-85-87-94(99)105-92(91-104-96(95(100)101)102-89-88-97(3,4)5)90-103-93(98)86-84-82-80-78-76-74-72-70-68-66-64-62-60-58-56-54-52-50-48-45-43-41-39-37-35-33-31-29-27-25-23-21-19-17-15-13-11-9-7-2/h8-11,14-17,20-23,26-29,32,34,38,40,44,46,49,51,92,96H,6-7,12-13,18-19,24-25,30-31,33,35-37,39,41-43,45,47-48,50,52-91H2,1-5H3/p+1/b10-8-,11-9-,16-14-,17-15-,22-20-,23-21-,28-26-,29-27-,34-32-,40-38-,46-44-,51-49-. The number of hydrogen-bond acceptors (Lipinski definition) is 7. The summed E-state index contributed by atoms with van der Waals surface area (Å²) in [7, 11) is 5.99. The molecule has 0 saturated carbocycles.